The molecule has 1 N–H and O–H groups in total. The van der Waals surface area contributed by atoms with Gasteiger partial charge in [0, 0.05) is 16.9 Å². The lowest BCUT2D eigenvalue weighted by Crippen LogP contribution is -2.16. The van der Waals surface area contributed by atoms with Crippen LogP contribution in [-0.2, 0) is 0 Å². The van der Waals surface area contributed by atoms with E-state index in [4.69, 9.17) is 9.94 Å². The van der Waals surface area contributed by atoms with Gasteiger partial charge in [0.15, 0.2) is 0 Å². The second kappa shape index (κ2) is 4.23. The second-order valence-corrected chi connectivity index (χ2v) is 4.48. The van der Waals surface area contributed by atoms with Gasteiger partial charge in [-0.15, -0.1) is 0 Å². The molecule has 0 saturated carbocycles. The average molecular weight is 274 g/mol. The summed E-state index contributed by atoms with van der Waals surface area (Å²) < 4.78 is 5.44. The van der Waals surface area contributed by atoms with Crippen molar-refractivity contribution >= 4 is 30.7 Å². The van der Waals surface area contributed by atoms with Crippen molar-refractivity contribution in [2.75, 3.05) is 6.61 Å². The van der Waals surface area contributed by atoms with Crippen molar-refractivity contribution in [3.05, 3.63) is 23.8 Å². The molecule has 0 fully saturated rings. The summed E-state index contributed by atoms with van der Waals surface area (Å²) in [6, 6.07) is 5.80. The Kier molecular flexibility index (Phi) is 2.98. The molecule has 74 valence electrons. The summed E-state index contributed by atoms with van der Waals surface area (Å²) >= 11 is 3.30. The van der Waals surface area contributed by atoms with Crippen molar-refractivity contribution in [1.82, 2.24) is 0 Å². The van der Waals surface area contributed by atoms with Crippen LogP contribution in [0.4, 0.5) is 0 Å². The van der Waals surface area contributed by atoms with Gasteiger partial charge < -0.3 is 9.94 Å². The average Bonchev–Trinajstić information content (AvgIpc) is 2.27. The van der Waals surface area contributed by atoms with Crippen molar-refractivity contribution in [2.45, 2.75) is 11.3 Å². The fourth-order valence-electron chi connectivity index (χ4n) is 1.40. The third kappa shape index (κ3) is 1.74. The van der Waals surface area contributed by atoms with E-state index in [1.54, 1.807) is 0 Å². The molecule has 2 rings (SSSR count). The van der Waals surface area contributed by atoms with E-state index < -0.39 is 0 Å². The first-order chi connectivity index (χ1) is 6.85. The minimum Gasteiger partial charge on any atom is -0.492 e. The van der Waals surface area contributed by atoms with Crippen LogP contribution in [0.1, 0.15) is 12.0 Å². The SMILES string of the molecule is ON=C1CCOc2ccc(SBr)cc21. The first-order valence-electron chi connectivity index (χ1n) is 4.12. The fourth-order valence-corrected chi connectivity index (χ4v) is 2.29. The highest BCUT2D eigenvalue weighted by atomic mass is 79.9. The minimum atomic E-state index is 0.577. The highest BCUT2D eigenvalue weighted by Gasteiger charge is 2.17. The largest absolute Gasteiger partial charge is 0.492 e. The van der Waals surface area contributed by atoms with Crippen LogP contribution < -0.4 is 4.74 Å². The molecular formula is C9H8BrNO2S. The predicted octanol–water partition coefficient (Wildman–Crippen LogP) is 3.05. The highest BCUT2D eigenvalue weighted by molar-refractivity contribution is 9.50. The molecule has 0 atom stereocenters. The van der Waals surface area contributed by atoms with Crippen molar-refractivity contribution in [3.63, 3.8) is 0 Å². The number of halogens is 1. The maximum atomic E-state index is 8.82. The highest BCUT2D eigenvalue weighted by Crippen LogP contribution is 2.32. The molecule has 5 heteroatoms. The van der Waals surface area contributed by atoms with Crippen molar-refractivity contribution in [2.24, 2.45) is 5.16 Å². The molecule has 0 bridgehead atoms. The molecule has 3 nitrogen and oxygen atoms in total. The second-order valence-electron chi connectivity index (χ2n) is 2.88. The van der Waals surface area contributed by atoms with Gasteiger partial charge in [0.05, 0.1) is 12.3 Å². The molecule has 0 aromatic heterocycles. The summed E-state index contributed by atoms with van der Waals surface area (Å²) in [5.41, 5.74) is 1.57. The van der Waals surface area contributed by atoms with Crippen LogP contribution in [0, 0.1) is 0 Å². The first-order valence-corrected chi connectivity index (χ1v) is 6.78. The van der Waals surface area contributed by atoms with Gasteiger partial charge in [-0.25, -0.2) is 0 Å². The van der Waals surface area contributed by atoms with Gasteiger partial charge in [-0.2, -0.15) is 0 Å². The summed E-state index contributed by atoms with van der Waals surface area (Å²) in [4.78, 5) is 1.07. The summed E-state index contributed by atoms with van der Waals surface area (Å²) in [6.07, 6.45) is 0.653. The van der Waals surface area contributed by atoms with Gasteiger partial charge in [-0.1, -0.05) is 5.16 Å². The quantitative estimate of drug-likeness (QED) is 0.632. The Balaban J connectivity index is 2.49. The van der Waals surface area contributed by atoms with E-state index in [0.717, 1.165) is 16.2 Å². The Morgan fingerprint density at radius 2 is 2.36 bits per heavy atom. The fraction of sp³-hybridized carbons (Fsp3) is 0.222. The summed E-state index contributed by atoms with van der Waals surface area (Å²) in [5.74, 6) is 0.786. The minimum absolute atomic E-state index is 0.577. The number of hydrogen-bond acceptors (Lipinski definition) is 4. The molecule has 0 unspecified atom stereocenters. The summed E-state index contributed by atoms with van der Waals surface area (Å²) in [7, 11) is 1.47. The lowest BCUT2D eigenvalue weighted by molar-refractivity contribution is 0.298. The van der Waals surface area contributed by atoms with Crippen molar-refractivity contribution in [3.8, 4) is 5.75 Å². The monoisotopic (exact) mass is 273 g/mol. The number of benzene rings is 1. The maximum absolute atomic E-state index is 8.82. The molecule has 1 aliphatic rings. The molecular weight excluding hydrogens is 266 g/mol. The Morgan fingerprint density at radius 3 is 3.07 bits per heavy atom. The lowest BCUT2D eigenvalue weighted by Gasteiger charge is -2.18. The third-order valence-corrected chi connectivity index (χ3v) is 3.62. The smallest absolute Gasteiger partial charge is 0.128 e. The van der Waals surface area contributed by atoms with Crippen LogP contribution in [0.15, 0.2) is 28.3 Å². The van der Waals surface area contributed by atoms with Crippen LogP contribution in [-0.4, -0.2) is 17.5 Å². The van der Waals surface area contributed by atoms with E-state index in [9.17, 15) is 0 Å². The van der Waals surface area contributed by atoms with E-state index in [0.29, 0.717) is 18.7 Å². The van der Waals surface area contributed by atoms with E-state index in [1.807, 2.05) is 18.2 Å². The number of nitrogens with zero attached hydrogens (tertiary/aromatic N) is 1. The summed E-state index contributed by atoms with van der Waals surface area (Å²) in [5, 5.41) is 12.1. The molecule has 1 heterocycles. The number of ether oxygens (including phenoxy) is 1. The van der Waals surface area contributed by atoms with Gasteiger partial charge in [0.2, 0.25) is 0 Å². The molecule has 0 spiro atoms. The van der Waals surface area contributed by atoms with Crippen LogP contribution in [0.5, 0.6) is 5.75 Å². The number of hydrogen-bond donors (Lipinski definition) is 1. The van der Waals surface area contributed by atoms with Crippen molar-refractivity contribution < 1.29 is 9.94 Å². The standard InChI is InChI=1S/C9H8BrNO2S/c10-14-6-1-2-9-7(5-6)8(11-12)3-4-13-9/h1-2,5,12H,3-4H2. The molecule has 1 aromatic carbocycles. The molecule has 14 heavy (non-hydrogen) atoms. The zero-order valence-corrected chi connectivity index (χ0v) is 9.64. The van der Waals surface area contributed by atoms with E-state index in [2.05, 4.69) is 20.0 Å². The molecule has 1 aliphatic heterocycles. The van der Waals surface area contributed by atoms with Crippen molar-refractivity contribution in [1.29, 1.82) is 0 Å². The number of oxime groups is 1. The van der Waals surface area contributed by atoms with Crippen LogP contribution >= 0.6 is 25.0 Å². The Hall–Kier alpha value is -0.680. The first kappa shape index (κ1) is 9.86. The zero-order chi connectivity index (χ0) is 9.97. The molecule has 0 aliphatic carbocycles. The maximum Gasteiger partial charge on any atom is 0.128 e. The van der Waals surface area contributed by atoms with Crippen LogP contribution in [0.3, 0.4) is 0 Å². The van der Waals surface area contributed by atoms with Gasteiger partial charge in [-0.3, -0.25) is 0 Å². The molecule has 0 radical (unpaired) electrons. The molecule has 0 amide bonds. The zero-order valence-electron chi connectivity index (χ0n) is 7.24. The van der Waals surface area contributed by atoms with Gasteiger partial charge in [0.25, 0.3) is 0 Å². The Bertz CT molecular complexity index is 381. The molecule has 1 aromatic rings. The van der Waals surface area contributed by atoms with E-state index >= 15 is 0 Å². The van der Waals surface area contributed by atoms with Gasteiger partial charge in [-0.05, 0) is 43.2 Å². The number of fused-ring (bicyclic) bond motifs is 1. The molecule has 0 saturated heterocycles. The lowest BCUT2D eigenvalue weighted by atomic mass is 10.0. The predicted molar refractivity (Wildman–Crippen MR) is 59.7 cm³/mol. The summed E-state index contributed by atoms with van der Waals surface area (Å²) in [6.45, 7) is 0.577. The topological polar surface area (TPSA) is 41.8 Å². The Morgan fingerprint density at radius 1 is 1.50 bits per heavy atom. The Labute approximate surface area is 93.3 Å². The van der Waals surface area contributed by atoms with Crippen LogP contribution in [0.2, 0.25) is 0 Å². The van der Waals surface area contributed by atoms with Gasteiger partial charge in [0.1, 0.15) is 5.75 Å². The van der Waals surface area contributed by atoms with E-state index in [1.165, 1.54) is 10.2 Å². The van der Waals surface area contributed by atoms with E-state index in [-0.39, 0.29) is 0 Å². The number of rotatable bonds is 1. The normalized spacial score (nSPS) is 17.6. The van der Waals surface area contributed by atoms with Crippen LogP contribution in [0.25, 0.3) is 0 Å². The van der Waals surface area contributed by atoms with Gasteiger partial charge >= 0.3 is 0 Å². The third-order valence-electron chi connectivity index (χ3n) is 2.07.